The molecule has 0 saturated heterocycles. The van der Waals surface area contributed by atoms with Crippen molar-refractivity contribution in [2.75, 3.05) is 12.4 Å². The summed E-state index contributed by atoms with van der Waals surface area (Å²) in [6.07, 6.45) is 1.54. The van der Waals surface area contributed by atoms with Crippen LogP contribution < -0.4 is 15.8 Å². The number of ether oxygens (including phenoxy) is 1. The van der Waals surface area contributed by atoms with Crippen LogP contribution in [0, 0.1) is 6.92 Å². The van der Waals surface area contributed by atoms with Gasteiger partial charge in [0.15, 0.2) is 0 Å². The fraction of sp³-hybridized carbons (Fsp3) is 0.294. The normalized spacial score (nSPS) is 12.3. The second-order valence-electron chi connectivity index (χ2n) is 5.64. The Morgan fingerprint density at radius 2 is 2.04 bits per heavy atom. The monoisotopic (exact) mass is 330 g/mol. The number of nitrogens with two attached hydrogens (primary N) is 1. The van der Waals surface area contributed by atoms with Crippen LogP contribution in [0.5, 0.6) is 5.75 Å². The van der Waals surface area contributed by atoms with Gasteiger partial charge >= 0.3 is 0 Å². The summed E-state index contributed by atoms with van der Waals surface area (Å²) in [7, 11) is 1.65. The van der Waals surface area contributed by atoms with Crippen molar-refractivity contribution in [1.29, 1.82) is 0 Å². The lowest BCUT2D eigenvalue weighted by Gasteiger charge is -2.20. The molecule has 0 atom stereocenters. The Labute approximate surface area is 138 Å². The molecule has 6 heteroatoms. The van der Waals surface area contributed by atoms with Crippen LogP contribution >= 0.6 is 11.3 Å². The molecule has 1 aromatic carbocycles. The van der Waals surface area contributed by atoms with Gasteiger partial charge < -0.3 is 15.8 Å². The Balaban J connectivity index is 2.23. The van der Waals surface area contributed by atoms with Crippen molar-refractivity contribution in [1.82, 2.24) is 0 Å². The summed E-state index contributed by atoms with van der Waals surface area (Å²) in [5.41, 5.74) is 10.3. The van der Waals surface area contributed by atoms with Gasteiger partial charge in [0.1, 0.15) is 10.8 Å². The molecule has 23 heavy (non-hydrogen) atoms. The lowest BCUT2D eigenvalue weighted by molar-refractivity contribution is -0.114. The SMILES string of the molecule is COc1cc(C)c2c(c1)CCc1c-2sc(NC(C)=O)c1C(N)=O. The van der Waals surface area contributed by atoms with Gasteiger partial charge in [-0.25, -0.2) is 0 Å². The number of primary amides is 1. The van der Waals surface area contributed by atoms with Crippen LogP contribution in [0.2, 0.25) is 0 Å². The second-order valence-corrected chi connectivity index (χ2v) is 6.66. The molecule has 120 valence electrons. The van der Waals surface area contributed by atoms with Gasteiger partial charge in [0.25, 0.3) is 5.91 Å². The van der Waals surface area contributed by atoms with Crippen LogP contribution in [0.25, 0.3) is 10.4 Å². The van der Waals surface area contributed by atoms with Gasteiger partial charge in [0, 0.05) is 11.8 Å². The van der Waals surface area contributed by atoms with Gasteiger partial charge in [0.05, 0.1) is 12.7 Å². The highest BCUT2D eigenvalue weighted by atomic mass is 32.1. The molecule has 0 radical (unpaired) electrons. The van der Waals surface area contributed by atoms with Gasteiger partial charge in [-0.1, -0.05) is 0 Å². The van der Waals surface area contributed by atoms with Crippen LogP contribution in [-0.4, -0.2) is 18.9 Å². The van der Waals surface area contributed by atoms with E-state index in [4.69, 9.17) is 10.5 Å². The third-order valence-corrected chi connectivity index (χ3v) is 5.21. The minimum Gasteiger partial charge on any atom is -0.497 e. The highest BCUT2D eigenvalue weighted by molar-refractivity contribution is 7.20. The summed E-state index contributed by atoms with van der Waals surface area (Å²) in [6.45, 7) is 3.45. The number of fused-ring (bicyclic) bond motifs is 3. The van der Waals surface area contributed by atoms with Crippen LogP contribution in [0.4, 0.5) is 5.00 Å². The van der Waals surface area contributed by atoms with Gasteiger partial charge in [-0.2, -0.15) is 0 Å². The van der Waals surface area contributed by atoms with Crippen molar-refractivity contribution in [3.8, 4) is 16.2 Å². The third kappa shape index (κ3) is 2.59. The first-order valence-corrected chi connectivity index (χ1v) is 8.15. The number of aryl methyl sites for hydroxylation is 2. The quantitative estimate of drug-likeness (QED) is 0.908. The van der Waals surface area contributed by atoms with Crippen LogP contribution in [0.1, 0.15) is 34.0 Å². The summed E-state index contributed by atoms with van der Waals surface area (Å²) in [5, 5.41) is 3.28. The highest BCUT2D eigenvalue weighted by Gasteiger charge is 2.28. The molecule has 1 aliphatic carbocycles. The lowest BCUT2D eigenvalue weighted by atomic mass is 9.86. The number of rotatable bonds is 3. The van der Waals surface area contributed by atoms with E-state index in [1.165, 1.54) is 23.8 Å². The molecule has 1 aromatic heterocycles. The topological polar surface area (TPSA) is 81.4 Å². The van der Waals surface area contributed by atoms with Gasteiger partial charge in [0.2, 0.25) is 5.91 Å². The number of methoxy groups -OCH3 is 1. The zero-order valence-corrected chi connectivity index (χ0v) is 14.1. The Morgan fingerprint density at radius 3 is 2.65 bits per heavy atom. The molecule has 5 nitrogen and oxygen atoms in total. The Hall–Kier alpha value is -2.34. The number of nitrogens with one attached hydrogen (secondary N) is 1. The molecule has 3 rings (SSSR count). The van der Waals surface area contributed by atoms with Gasteiger partial charge in [-0.15, -0.1) is 11.3 Å². The van der Waals surface area contributed by atoms with E-state index in [1.807, 2.05) is 19.1 Å². The van der Waals surface area contributed by atoms with Crippen molar-refractivity contribution >= 4 is 28.2 Å². The minimum atomic E-state index is -0.499. The molecule has 0 unspecified atom stereocenters. The van der Waals surface area contributed by atoms with E-state index in [-0.39, 0.29) is 5.91 Å². The van der Waals surface area contributed by atoms with Gasteiger partial charge in [-0.05, 0) is 54.2 Å². The smallest absolute Gasteiger partial charge is 0.252 e. The predicted octanol–water partition coefficient (Wildman–Crippen LogP) is 2.89. The maximum atomic E-state index is 11.9. The number of thiophene rings is 1. The summed E-state index contributed by atoms with van der Waals surface area (Å²) in [4.78, 5) is 24.3. The fourth-order valence-electron chi connectivity index (χ4n) is 3.14. The number of amides is 2. The summed E-state index contributed by atoms with van der Waals surface area (Å²) in [6, 6.07) is 4.02. The van der Waals surface area contributed by atoms with E-state index in [2.05, 4.69) is 5.32 Å². The molecule has 0 bridgehead atoms. The van der Waals surface area contributed by atoms with Crippen molar-refractivity contribution in [3.05, 3.63) is 34.4 Å². The minimum absolute atomic E-state index is 0.210. The van der Waals surface area contributed by atoms with E-state index in [0.717, 1.165) is 40.2 Å². The molecular formula is C17H18N2O3S. The number of carbonyl (C=O) groups excluding carboxylic acids is 2. The first-order chi connectivity index (χ1) is 10.9. The Kier molecular flexibility index (Phi) is 3.85. The predicted molar refractivity (Wildman–Crippen MR) is 91.3 cm³/mol. The molecule has 2 aromatic rings. The van der Waals surface area contributed by atoms with Crippen molar-refractivity contribution in [3.63, 3.8) is 0 Å². The zero-order chi connectivity index (χ0) is 16.7. The average Bonchev–Trinajstić information content (AvgIpc) is 2.83. The highest BCUT2D eigenvalue weighted by Crippen LogP contribution is 2.47. The summed E-state index contributed by atoms with van der Waals surface area (Å²) >= 11 is 1.42. The number of hydrogen-bond acceptors (Lipinski definition) is 4. The second kappa shape index (κ2) is 5.70. The summed E-state index contributed by atoms with van der Waals surface area (Å²) < 4.78 is 5.34. The van der Waals surface area contributed by atoms with E-state index >= 15 is 0 Å². The molecule has 2 amide bonds. The van der Waals surface area contributed by atoms with E-state index in [1.54, 1.807) is 7.11 Å². The third-order valence-electron chi connectivity index (χ3n) is 4.04. The number of carbonyl (C=O) groups is 2. The average molecular weight is 330 g/mol. The molecule has 0 aliphatic heterocycles. The van der Waals surface area contributed by atoms with Crippen LogP contribution in [0.15, 0.2) is 12.1 Å². The standard InChI is InChI=1S/C17H18N2O3S/c1-8-6-11(22-3)7-10-4-5-12-14(16(18)21)17(19-9(2)20)23-15(12)13(8)10/h6-7H,4-5H2,1-3H3,(H2,18,21)(H,19,20). The number of hydrogen-bond donors (Lipinski definition) is 2. The first-order valence-electron chi connectivity index (χ1n) is 7.33. The first kappa shape index (κ1) is 15.6. The van der Waals surface area contributed by atoms with E-state index < -0.39 is 5.91 Å². The van der Waals surface area contributed by atoms with Crippen molar-refractivity contribution in [2.24, 2.45) is 5.73 Å². The fourth-order valence-corrected chi connectivity index (χ4v) is 4.58. The van der Waals surface area contributed by atoms with E-state index in [9.17, 15) is 9.59 Å². The van der Waals surface area contributed by atoms with Crippen molar-refractivity contribution < 1.29 is 14.3 Å². The Morgan fingerprint density at radius 1 is 1.30 bits per heavy atom. The molecule has 1 heterocycles. The zero-order valence-electron chi connectivity index (χ0n) is 13.3. The molecule has 1 aliphatic rings. The van der Waals surface area contributed by atoms with E-state index in [0.29, 0.717) is 10.6 Å². The number of benzene rings is 1. The van der Waals surface area contributed by atoms with Crippen LogP contribution in [-0.2, 0) is 17.6 Å². The molecule has 0 spiro atoms. The largest absolute Gasteiger partial charge is 0.497 e. The van der Waals surface area contributed by atoms with Crippen molar-refractivity contribution in [2.45, 2.75) is 26.7 Å². The lowest BCUT2D eigenvalue weighted by Crippen LogP contribution is -2.17. The number of anilines is 1. The summed E-state index contributed by atoms with van der Waals surface area (Å²) in [5.74, 6) is 0.122. The molecule has 3 N–H and O–H groups in total. The molecule has 0 saturated carbocycles. The van der Waals surface area contributed by atoms with Crippen LogP contribution in [0.3, 0.4) is 0 Å². The van der Waals surface area contributed by atoms with Gasteiger partial charge in [-0.3, -0.25) is 9.59 Å². The maximum Gasteiger partial charge on any atom is 0.252 e. The Bertz CT molecular complexity index is 824. The molecule has 0 fully saturated rings. The molecular weight excluding hydrogens is 312 g/mol. The maximum absolute atomic E-state index is 11.9.